The van der Waals surface area contributed by atoms with E-state index in [0.29, 0.717) is 19.2 Å². The Hall–Kier alpha value is -0.980. The van der Waals surface area contributed by atoms with Crippen molar-refractivity contribution < 1.29 is 4.74 Å². The maximum Gasteiger partial charge on any atom is 0.0962 e. The summed E-state index contributed by atoms with van der Waals surface area (Å²) < 4.78 is 7.51. The molecule has 0 saturated carbocycles. The predicted molar refractivity (Wildman–Crippen MR) is 69.0 cm³/mol. The molecule has 6 nitrogen and oxygen atoms in total. The van der Waals surface area contributed by atoms with Crippen molar-refractivity contribution in [2.75, 3.05) is 26.8 Å². The van der Waals surface area contributed by atoms with Crippen molar-refractivity contribution in [2.45, 2.75) is 38.4 Å². The van der Waals surface area contributed by atoms with Gasteiger partial charge in [-0.2, -0.15) is 0 Å². The first-order chi connectivity index (χ1) is 8.79. The fourth-order valence-electron chi connectivity index (χ4n) is 2.27. The van der Waals surface area contributed by atoms with E-state index in [1.165, 1.54) is 25.8 Å². The molecule has 1 unspecified atom stereocenters. The number of nitrogens with two attached hydrogens (primary N) is 1. The van der Waals surface area contributed by atoms with Gasteiger partial charge in [-0.15, -0.1) is 5.10 Å². The van der Waals surface area contributed by atoms with E-state index in [1.54, 1.807) is 4.68 Å². The number of rotatable bonds is 6. The van der Waals surface area contributed by atoms with Gasteiger partial charge >= 0.3 is 0 Å². The molecule has 1 aliphatic rings. The minimum absolute atomic E-state index is 0.438. The van der Waals surface area contributed by atoms with Crippen LogP contribution in [0.4, 0.5) is 0 Å². The zero-order valence-electron chi connectivity index (χ0n) is 11.1. The van der Waals surface area contributed by atoms with E-state index >= 15 is 0 Å². The van der Waals surface area contributed by atoms with Crippen LogP contribution in [0.15, 0.2) is 6.20 Å². The van der Waals surface area contributed by atoms with Crippen molar-refractivity contribution in [3.63, 3.8) is 0 Å². The number of likely N-dealkylation sites (N-methyl/N-ethyl adjacent to an activating group) is 1. The van der Waals surface area contributed by atoms with E-state index in [-0.39, 0.29) is 0 Å². The Labute approximate surface area is 108 Å². The Kier molecular flexibility index (Phi) is 5.10. The first-order valence-electron chi connectivity index (χ1n) is 6.66. The van der Waals surface area contributed by atoms with Crippen LogP contribution in [-0.4, -0.2) is 52.7 Å². The van der Waals surface area contributed by atoms with Crippen LogP contribution in [0, 0.1) is 0 Å². The molecule has 1 aromatic rings. The number of likely N-dealkylation sites (tertiary alicyclic amines) is 1. The van der Waals surface area contributed by atoms with Crippen molar-refractivity contribution in [1.29, 1.82) is 0 Å². The van der Waals surface area contributed by atoms with E-state index in [1.807, 2.05) is 6.20 Å². The minimum Gasteiger partial charge on any atom is -0.378 e. The van der Waals surface area contributed by atoms with Crippen LogP contribution < -0.4 is 5.73 Å². The lowest BCUT2D eigenvalue weighted by Gasteiger charge is -2.32. The van der Waals surface area contributed by atoms with Crippen LogP contribution in [0.2, 0.25) is 0 Å². The molecule has 18 heavy (non-hydrogen) atoms. The van der Waals surface area contributed by atoms with Crippen molar-refractivity contribution in [2.24, 2.45) is 5.73 Å². The zero-order valence-corrected chi connectivity index (χ0v) is 11.1. The molecule has 0 radical (unpaired) electrons. The standard InChI is InChI=1S/C12H23N5O/c1-16-5-3-2-4-12(16)10-18-7-6-17-9-11(8-13)14-15-17/h9,12H,2-8,10,13H2,1H3. The molecule has 2 rings (SSSR count). The van der Waals surface area contributed by atoms with E-state index < -0.39 is 0 Å². The topological polar surface area (TPSA) is 69.2 Å². The molecule has 0 amide bonds. The number of hydrogen-bond donors (Lipinski definition) is 1. The summed E-state index contributed by atoms with van der Waals surface area (Å²) in [6.45, 7) is 3.86. The number of ether oxygens (including phenoxy) is 1. The zero-order chi connectivity index (χ0) is 12.8. The molecule has 2 heterocycles. The van der Waals surface area contributed by atoms with E-state index in [2.05, 4.69) is 22.3 Å². The molecule has 0 spiro atoms. The van der Waals surface area contributed by atoms with E-state index in [9.17, 15) is 0 Å². The predicted octanol–water partition coefficient (Wildman–Crippen LogP) is 0.238. The van der Waals surface area contributed by atoms with Crippen LogP contribution in [-0.2, 0) is 17.8 Å². The number of hydrogen-bond acceptors (Lipinski definition) is 5. The molecular formula is C12H23N5O. The van der Waals surface area contributed by atoms with E-state index in [0.717, 1.165) is 18.8 Å². The van der Waals surface area contributed by atoms with Crippen LogP contribution in [0.25, 0.3) is 0 Å². The second-order valence-corrected chi connectivity index (χ2v) is 4.88. The third kappa shape index (κ3) is 3.76. The van der Waals surface area contributed by atoms with Crippen LogP contribution in [0.5, 0.6) is 0 Å². The Morgan fingerprint density at radius 3 is 3.11 bits per heavy atom. The van der Waals surface area contributed by atoms with Gasteiger partial charge in [-0.05, 0) is 26.4 Å². The Balaban J connectivity index is 1.63. The summed E-state index contributed by atoms with van der Waals surface area (Å²) in [6, 6.07) is 0.578. The van der Waals surface area contributed by atoms with Crippen molar-refractivity contribution in [1.82, 2.24) is 19.9 Å². The van der Waals surface area contributed by atoms with Gasteiger partial charge in [-0.3, -0.25) is 0 Å². The van der Waals surface area contributed by atoms with Crippen molar-refractivity contribution in [3.05, 3.63) is 11.9 Å². The quantitative estimate of drug-likeness (QED) is 0.735. The molecule has 1 aliphatic heterocycles. The number of piperidine rings is 1. The summed E-state index contributed by atoms with van der Waals surface area (Å²) in [6.07, 6.45) is 5.75. The lowest BCUT2D eigenvalue weighted by molar-refractivity contribution is 0.0482. The second-order valence-electron chi connectivity index (χ2n) is 4.88. The van der Waals surface area contributed by atoms with Gasteiger partial charge in [0.05, 0.1) is 25.5 Å². The lowest BCUT2D eigenvalue weighted by atomic mass is 10.0. The molecule has 0 bridgehead atoms. The Bertz CT molecular complexity index is 354. The van der Waals surface area contributed by atoms with E-state index in [4.69, 9.17) is 10.5 Å². The fraction of sp³-hybridized carbons (Fsp3) is 0.833. The van der Waals surface area contributed by atoms with Gasteiger partial charge in [0.1, 0.15) is 0 Å². The average Bonchev–Trinajstić information content (AvgIpc) is 2.84. The summed E-state index contributed by atoms with van der Waals surface area (Å²) in [5, 5.41) is 7.92. The second kappa shape index (κ2) is 6.82. The molecule has 0 aromatic carbocycles. The van der Waals surface area contributed by atoms with Gasteiger partial charge in [-0.1, -0.05) is 11.6 Å². The average molecular weight is 253 g/mol. The lowest BCUT2D eigenvalue weighted by Crippen LogP contribution is -2.39. The highest BCUT2D eigenvalue weighted by Gasteiger charge is 2.18. The van der Waals surface area contributed by atoms with Crippen molar-refractivity contribution in [3.8, 4) is 0 Å². The first kappa shape index (κ1) is 13.5. The summed E-state index contributed by atoms with van der Waals surface area (Å²) in [5.41, 5.74) is 6.30. The van der Waals surface area contributed by atoms with Gasteiger partial charge in [0.2, 0.25) is 0 Å². The highest BCUT2D eigenvalue weighted by molar-refractivity contribution is 4.90. The van der Waals surface area contributed by atoms with Crippen LogP contribution in [0.3, 0.4) is 0 Å². The molecule has 102 valence electrons. The highest BCUT2D eigenvalue weighted by Crippen LogP contribution is 2.14. The highest BCUT2D eigenvalue weighted by atomic mass is 16.5. The smallest absolute Gasteiger partial charge is 0.0962 e. The fourth-order valence-corrected chi connectivity index (χ4v) is 2.27. The summed E-state index contributed by atoms with van der Waals surface area (Å²) in [4.78, 5) is 2.39. The molecule has 6 heteroatoms. The molecule has 2 N–H and O–H groups in total. The molecule has 1 atom stereocenters. The van der Waals surface area contributed by atoms with Crippen LogP contribution >= 0.6 is 0 Å². The molecular weight excluding hydrogens is 230 g/mol. The Morgan fingerprint density at radius 1 is 1.50 bits per heavy atom. The number of nitrogens with zero attached hydrogens (tertiary/aromatic N) is 4. The summed E-state index contributed by atoms with van der Waals surface area (Å²) in [5.74, 6) is 0. The third-order valence-corrected chi connectivity index (χ3v) is 3.49. The van der Waals surface area contributed by atoms with Gasteiger partial charge in [0, 0.05) is 18.8 Å². The van der Waals surface area contributed by atoms with Gasteiger partial charge in [-0.25, -0.2) is 4.68 Å². The minimum atomic E-state index is 0.438. The van der Waals surface area contributed by atoms with Gasteiger partial charge < -0.3 is 15.4 Å². The largest absolute Gasteiger partial charge is 0.378 e. The Morgan fingerprint density at radius 2 is 2.39 bits per heavy atom. The van der Waals surface area contributed by atoms with Gasteiger partial charge in [0.15, 0.2) is 0 Å². The normalized spacial score (nSPS) is 21.3. The molecule has 1 saturated heterocycles. The molecule has 1 fully saturated rings. The SMILES string of the molecule is CN1CCCCC1COCCn1cc(CN)nn1. The maximum atomic E-state index is 5.73. The number of aromatic nitrogens is 3. The first-order valence-corrected chi connectivity index (χ1v) is 6.66. The molecule has 0 aliphatic carbocycles. The van der Waals surface area contributed by atoms with Gasteiger partial charge in [0.25, 0.3) is 0 Å². The molecule has 1 aromatic heterocycles. The third-order valence-electron chi connectivity index (χ3n) is 3.49. The summed E-state index contributed by atoms with van der Waals surface area (Å²) >= 11 is 0. The monoisotopic (exact) mass is 253 g/mol. The van der Waals surface area contributed by atoms with Crippen LogP contribution in [0.1, 0.15) is 25.0 Å². The van der Waals surface area contributed by atoms with Crippen molar-refractivity contribution >= 4 is 0 Å². The maximum absolute atomic E-state index is 5.73. The summed E-state index contributed by atoms with van der Waals surface area (Å²) in [7, 11) is 2.18.